The van der Waals surface area contributed by atoms with Crippen molar-refractivity contribution in [2.45, 2.75) is 33.1 Å². The minimum Gasteiger partial charge on any atom is -0.461 e. The smallest absolute Gasteiger partial charge is 0.195 e. The molecule has 4 rings (SSSR count). The number of thiazole rings is 1. The van der Waals surface area contributed by atoms with Crippen molar-refractivity contribution < 1.29 is 4.42 Å². The molecule has 0 unspecified atom stereocenters. The van der Waals surface area contributed by atoms with Crippen molar-refractivity contribution in [3.05, 3.63) is 45.1 Å². The lowest BCUT2D eigenvalue weighted by Crippen LogP contribution is -2.29. The van der Waals surface area contributed by atoms with Gasteiger partial charge in [-0.1, -0.05) is 0 Å². The van der Waals surface area contributed by atoms with E-state index in [1.807, 2.05) is 32.0 Å². The van der Waals surface area contributed by atoms with E-state index in [1.54, 1.807) is 11.3 Å². The van der Waals surface area contributed by atoms with E-state index in [4.69, 9.17) is 9.40 Å². The Hall–Kier alpha value is -2.14. The monoisotopic (exact) mass is 340 g/mol. The Morgan fingerprint density at radius 3 is 2.75 bits per heavy atom. The zero-order chi connectivity index (χ0) is 16.7. The lowest BCUT2D eigenvalue weighted by Gasteiger charge is -2.25. The summed E-state index contributed by atoms with van der Waals surface area (Å²) in [6.45, 7) is 5.82. The first-order valence-electron chi connectivity index (χ1n) is 8.38. The van der Waals surface area contributed by atoms with Crippen LogP contribution in [0.15, 0.2) is 32.8 Å². The fraction of sp³-hybridized carbons (Fsp3) is 0.368. The normalized spacial score (nSPS) is 15.2. The largest absolute Gasteiger partial charge is 0.461 e. The van der Waals surface area contributed by atoms with Crippen molar-refractivity contribution >= 4 is 27.4 Å². The first-order chi connectivity index (χ1) is 11.6. The Morgan fingerprint density at radius 1 is 1.17 bits per heavy atom. The zero-order valence-electron chi connectivity index (χ0n) is 14.0. The third kappa shape index (κ3) is 2.63. The molecule has 4 nitrogen and oxygen atoms in total. The van der Waals surface area contributed by atoms with Gasteiger partial charge in [-0.25, -0.2) is 4.98 Å². The maximum atomic E-state index is 12.5. The van der Waals surface area contributed by atoms with Crippen LogP contribution in [0.25, 0.3) is 22.2 Å². The Balaban J connectivity index is 1.74. The lowest BCUT2D eigenvalue weighted by atomic mass is 10.1. The van der Waals surface area contributed by atoms with Crippen molar-refractivity contribution in [1.82, 2.24) is 4.98 Å². The molecule has 1 fully saturated rings. The fourth-order valence-electron chi connectivity index (χ4n) is 3.19. The Morgan fingerprint density at radius 2 is 1.96 bits per heavy atom. The molecule has 0 N–H and O–H groups in total. The van der Waals surface area contributed by atoms with E-state index in [0.717, 1.165) is 29.5 Å². The number of anilines is 1. The summed E-state index contributed by atoms with van der Waals surface area (Å²) in [5.41, 5.74) is 3.25. The highest BCUT2D eigenvalue weighted by molar-refractivity contribution is 7.14. The first kappa shape index (κ1) is 15.4. The molecule has 0 atom stereocenters. The van der Waals surface area contributed by atoms with E-state index in [2.05, 4.69) is 10.3 Å². The van der Waals surface area contributed by atoms with Gasteiger partial charge >= 0.3 is 0 Å². The molecule has 124 valence electrons. The summed E-state index contributed by atoms with van der Waals surface area (Å²) < 4.78 is 5.74. The van der Waals surface area contributed by atoms with Crippen LogP contribution in [0.2, 0.25) is 0 Å². The van der Waals surface area contributed by atoms with Gasteiger partial charge in [0, 0.05) is 29.6 Å². The Labute approximate surface area is 144 Å². The second-order valence-corrected chi connectivity index (χ2v) is 7.22. The molecule has 0 radical (unpaired) electrons. The third-order valence-corrected chi connectivity index (χ3v) is 5.67. The second-order valence-electron chi connectivity index (χ2n) is 6.39. The summed E-state index contributed by atoms with van der Waals surface area (Å²) in [6.07, 6.45) is 3.79. The van der Waals surface area contributed by atoms with Crippen LogP contribution < -0.4 is 10.3 Å². The minimum atomic E-state index is 0.0436. The van der Waals surface area contributed by atoms with Crippen LogP contribution in [0, 0.1) is 13.8 Å². The van der Waals surface area contributed by atoms with Crippen molar-refractivity contribution in [1.29, 1.82) is 0 Å². The molecule has 1 aliphatic heterocycles. The molecular formula is C19H20N2O2S. The van der Waals surface area contributed by atoms with Crippen LogP contribution in [0.3, 0.4) is 0 Å². The van der Waals surface area contributed by atoms with E-state index >= 15 is 0 Å². The number of rotatable bonds is 2. The van der Waals surface area contributed by atoms with E-state index in [9.17, 15) is 4.79 Å². The average Bonchev–Trinajstić information content (AvgIpc) is 3.10. The molecule has 0 amide bonds. The minimum absolute atomic E-state index is 0.0436. The third-order valence-electron chi connectivity index (χ3n) is 4.77. The van der Waals surface area contributed by atoms with Gasteiger partial charge in [0.05, 0.1) is 11.1 Å². The molecule has 3 aromatic rings. The molecule has 0 spiro atoms. The van der Waals surface area contributed by atoms with Crippen molar-refractivity contribution in [2.24, 2.45) is 0 Å². The van der Waals surface area contributed by atoms with Crippen molar-refractivity contribution in [3.8, 4) is 11.3 Å². The van der Waals surface area contributed by atoms with Crippen LogP contribution in [-0.2, 0) is 0 Å². The molecular weight excluding hydrogens is 320 g/mol. The topological polar surface area (TPSA) is 46.3 Å². The first-order valence-corrected chi connectivity index (χ1v) is 9.26. The number of benzene rings is 1. The molecule has 3 heterocycles. The van der Waals surface area contributed by atoms with E-state index < -0.39 is 0 Å². The predicted octanol–water partition coefficient (Wildman–Crippen LogP) is 4.52. The molecule has 2 aromatic heterocycles. The number of fused-ring (bicyclic) bond motifs is 1. The summed E-state index contributed by atoms with van der Waals surface area (Å²) in [7, 11) is 0. The number of hydrogen-bond donors (Lipinski definition) is 0. The zero-order valence-corrected chi connectivity index (χ0v) is 14.8. The van der Waals surface area contributed by atoms with Gasteiger partial charge in [-0.2, -0.15) is 0 Å². The van der Waals surface area contributed by atoms with Crippen LogP contribution in [0.1, 0.15) is 30.6 Å². The molecule has 0 aliphatic carbocycles. The van der Waals surface area contributed by atoms with Gasteiger partial charge in [-0.15, -0.1) is 11.3 Å². The number of aryl methyl sites for hydroxylation is 1. The number of piperidine rings is 1. The van der Waals surface area contributed by atoms with Crippen molar-refractivity contribution in [3.63, 3.8) is 0 Å². The molecule has 1 aromatic carbocycles. The quantitative estimate of drug-likeness (QED) is 0.688. The van der Waals surface area contributed by atoms with Crippen LogP contribution in [0.5, 0.6) is 0 Å². The van der Waals surface area contributed by atoms with Gasteiger partial charge in [0.25, 0.3) is 0 Å². The average molecular weight is 340 g/mol. The van der Waals surface area contributed by atoms with Gasteiger partial charge in [0.1, 0.15) is 11.3 Å². The summed E-state index contributed by atoms with van der Waals surface area (Å²) in [5, 5.41) is 3.79. The van der Waals surface area contributed by atoms with E-state index in [-0.39, 0.29) is 5.43 Å². The molecule has 0 bridgehead atoms. The molecule has 1 saturated heterocycles. The standard InChI is InChI=1S/C19H20N2O2S/c1-12-13(2)23-17-7-6-14(10-15(17)18(12)22)16-11-24-19(20-16)21-8-4-3-5-9-21/h6-7,10-11H,3-5,8-9H2,1-2H3. The van der Waals surface area contributed by atoms with Gasteiger partial charge < -0.3 is 9.32 Å². The molecule has 24 heavy (non-hydrogen) atoms. The van der Waals surface area contributed by atoms with E-state index in [0.29, 0.717) is 22.3 Å². The highest BCUT2D eigenvalue weighted by atomic mass is 32.1. The maximum Gasteiger partial charge on any atom is 0.195 e. The lowest BCUT2D eigenvalue weighted by molar-refractivity contribution is 0.559. The fourth-order valence-corrected chi connectivity index (χ4v) is 4.07. The van der Waals surface area contributed by atoms with Crippen LogP contribution in [-0.4, -0.2) is 18.1 Å². The van der Waals surface area contributed by atoms with Crippen molar-refractivity contribution in [2.75, 3.05) is 18.0 Å². The van der Waals surface area contributed by atoms with Gasteiger partial charge in [0.15, 0.2) is 10.6 Å². The van der Waals surface area contributed by atoms with Gasteiger partial charge in [0.2, 0.25) is 0 Å². The number of hydrogen-bond acceptors (Lipinski definition) is 5. The number of nitrogens with zero attached hydrogens (tertiary/aromatic N) is 2. The maximum absolute atomic E-state index is 12.5. The molecule has 5 heteroatoms. The summed E-state index contributed by atoms with van der Waals surface area (Å²) >= 11 is 1.68. The van der Waals surface area contributed by atoms with Gasteiger partial charge in [-0.3, -0.25) is 4.79 Å². The highest BCUT2D eigenvalue weighted by Crippen LogP contribution is 2.30. The second kappa shape index (κ2) is 6.06. The SMILES string of the molecule is Cc1oc2ccc(-c3csc(N4CCCCC4)n3)cc2c(=O)c1C. The molecule has 1 aliphatic rings. The predicted molar refractivity (Wildman–Crippen MR) is 99.1 cm³/mol. The van der Waals surface area contributed by atoms with Crippen LogP contribution >= 0.6 is 11.3 Å². The highest BCUT2D eigenvalue weighted by Gasteiger charge is 2.16. The van der Waals surface area contributed by atoms with E-state index in [1.165, 1.54) is 19.3 Å². The van der Waals surface area contributed by atoms with Gasteiger partial charge in [-0.05, 0) is 51.3 Å². The summed E-state index contributed by atoms with van der Waals surface area (Å²) in [4.78, 5) is 19.7. The molecule has 0 saturated carbocycles. The van der Waals surface area contributed by atoms with Crippen LogP contribution in [0.4, 0.5) is 5.13 Å². The summed E-state index contributed by atoms with van der Waals surface area (Å²) in [5.74, 6) is 0.682. The summed E-state index contributed by atoms with van der Waals surface area (Å²) in [6, 6.07) is 5.76. The Kier molecular flexibility index (Phi) is 3.88. The number of aromatic nitrogens is 1. The Bertz CT molecular complexity index is 952.